The molecule has 4 nitrogen and oxygen atoms in total. The van der Waals surface area contributed by atoms with Crippen molar-refractivity contribution in [2.45, 2.75) is 65.2 Å². The van der Waals surface area contributed by atoms with Gasteiger partial charge in [0, 0.05) is 11.1 Å². The lowest BCUT2D eigenvalue weighted by Gasteiger charge is -2.20. The fraction of sp³-hybridized carbons (Fsp3) is 0.312. The second-order valence-corrected chi connectivity index (χ2v) is 9.60. The highest BCUT2D eigenvalue weighted by Crippen LogP contribution is 2.43. The molecule has 3 aromatic rings. The van der Waals surface area contributed by atoms with Gasteiger partial charge in [-0.1, -0.05) is 88.1 Å². The molecule has 0 atom stereocenters. The summed E-state index contributed by atoms with van der Waals surface area (Å²) < 4.78 is 0. The summed E-state index contributed by atoms with van der Waals surface area (Å²) in [6, 6.07) is 16.8. The van der Waals surface area contributed by atoms with E-state index in [-0.39, 0.29) is 28.2 Å². The second kappa shape index (κ2) is 11.4. The van der Waals surface area contributed by atoms with Crippen LogP contribution in [-0.2, 0) is 12.8 Å². The number of benzene rings is 3. The summed E-state index contributed by atoms with van der Waals surface area (Å²) in [5.74, 6) is -1.53. The van der Waals surface area contributed by atoms with E-state index in [2.05, 4.69) is 13.8 Å². The molecule has 0 heterocycles. The molecule has 4 rings (SSSR count). The number of aryl methyl sites for hydroxylation is 2. The van der Waals surface area contributed by atoms with Crippen LogP contribution in [0.1, 0.15) is 89.8 Å². The van der Waals surface area contributed by atoms with Crippen molar-refractivity contribution < 1.29 is 19.8 Å². The summed E-state index contributed by atoms with van der Waals surface area (Å²) in [5.41, 5.74) is 3.97. The molecular formula is C32H34O4. The highest BCUT2D eigenvalue weighted by atomic mass is 16.3. The Hall–Kier alpha value is -3.66. The first-order valence-corrected chi connectivity index (χ1v) is 13.0. The van der Waals surface area contributed by atoms with E-state index in [9.17, 15) is 19.8 Å². The molecule has 1 aliphatic carbocycles. The van der Waals surface area contributed by atoms with Crippen LogP contribution in [0.3, 0.4) is 0 Å². The van der Waals surface area contributed by atoms with Gasteiger partial charge in [0.15, 0.2) is 11.6 Å². The van der Waals surface area contributed by atoms with E-state index in [4.69, 9.17) is 0 Å². The monoisotopic (exact) mass is 482 g/mol. The summed E-state index contributed by atoms with van der Waals surface area (Å²) in [5, 5.41) is 21.9. The average molecular weight is 483 g/mol. The largest absolute Gasteiger partial charge is 0.507 e. The van der Waals surface area contributed by atoms with Crippen molar-refractivity contribution in [3.63, 3.8) is 0 Å². The van der Waals surface area contributed by atoms with E-state index >= 15 is 0 Å². The molecule has 2 N–H and O–H groups in total. The van der Waals surface area contributed by atoms with E-state index in [1.165, 1.54) is 36.1 Å². The average Bonchev–Trinajstić information content (AvgIpc) is 2.88. The summed E-state index contributed by atoms with van der Waals surface area (Å²) in [4.78, 5) is 26.5. The van der Waals surface area contributed by atoms with Crippen molar-refractivity contribution in [3.05, 3.63) is 88.5 Å². The highest BCUT2D eigenvalue weighted by molar-refractivity contribution is 6.40. The first-order valence-electron chi connectivity index (χ1n) is 13.0. The first kappa shape index (κ1) is 25.4. The Morgan fingerprint density at radius 2 is 1.19 bits per heavy atom. The lowest BCUT2D eigenvalue weighted by atomic mass is 9.83. The topological polar surface area (TPSA) is 74.6 Å². The number of hydrogen-bond acceptors (Lipinski definition) is 4. The summed E-state index contributed by atoms with van der Waals surface area (Å²) in [6.45, 7) is 4.34. The Morgan fingerprint density at radius 1 is 0.667 bits per heavy atom. The number of phenols is 2. The van der Waals surface area contributed by atoms with Gasteiger partial charge in [-0.3, -0.25) is 9.59 Å². The van der Waals surface area contributed by atoms with Gasteiger partial charge >= 0.3 is 0 Å². The van der Waals surface area contributed by atoms with Gasteiger partial charge in [0.25, 0.3) is 0 Å². The minimum atomic E-state index is -0.488. The Morgan fingerprint density at radius 3 is 1.72 bits per heavy atom. The molecule has 0 saturated carbocycles. The molecule has 1 aliphatic rings. The minimum absolute atomic E-state index is 0.137. The smallest absolute Gasteiger partial charge is 0.198 e. The zero-order valence-corrected chi connectivity index (χ0v) is 21.1. The fourth-order valence-corrected chi connectivity index (χ4v) is 4.83. The minimum Gasteiger partial charge on any atom is -0.507 e. The third-order valence-corrected chi connectivity index (χ3v) is 6.94. The van der Waals surface area contributed by atoms with E-state index in [0.717, 1.165) is 38.5 Å². The van der Waals surface area contributed by atoms with Crippen LogP contribution in [0.5, 0.6) is 11.5 Å². The molecule has 0 amide bonds. The molecule has 0 aromatic heterocycles. The standard InChI is InChI=1S/C32H34O4/c1-3-5-7-9-21-11-15-23(16-12-21)25-19-27(33)30-29(31(25)35)28(34)20-26(32(30)36)24-17-13-22(14-18-24)10-8-6-4-2/h11-20,33,35H,3-10H2,1-2H3. The zero-order chi connectivity index (χ0) is 25.7. The molecule has 0 radical (unpaired) electrons. The number of aromatic hydroxyl groups is 2. The van der Waals surface area contributed by atoms with Crippen molar-refractivity contribution in [2.24, 2.45) is 0 Å². The van der Waals surface area contributed by atoms with E-state index < -0.39 is 11.6 Å². The maximum atomic E-state index is 13.4. The summed E-state index contributed by atoms with van der Waals surface area (Å²) >= 11 is 0. The molecular weight excluding hydrogens is 448 g/mol. The molecule has 0 bridgehead atoms. The molecule has 0 spiro atoms. The van der Waals surface area contributed by atoms with Gasteiger partial charge < -0.3 is 10.2 Å². The van der Waals surface area contributed by atoms with Gasteiger partial charge in [-0.15, -0.1) is 0 Å². The Kier molecular flexibility index (Phi) is 8.04. The lowest BCUT2D eigenvalue weighted by molar-refractivity contribution is 0.0997. The normalized spacial score (nSPS) is 13.0. The van der Waals surface area contributed by atoms with E-state index in [1.54, 1.807) is 0 Å². The number of unbranched alkanes of at least 4 members (excludes halogenated alkanes) is 4. The van der Waals surface area contributed by atoms with Gasteiger partial charge in [0.2, 0.25) is 0 Å². The Labute approximate surface area is 213 Å². The summed E-state index contributed by atoms with van der Waals surface area (Å²) in [7, 11) is 0. The van der Waals surface area contributed by atoms with Crippen molar-refractivity contribution in [1.82, 2.24) is 0 Å². The number of rotatable bonds is 10. The van der Waals surface area contributed by atoms with Crippen LogP contribution in [0, 0.1) is 0 Å². The lowest BCUT2D eigenvalue weighted by Crippen LogP contribution is -2.17. The van der Waals surface area contributed by atoms with Crippen LogP contribution in [0.25, 0.3) is 16.7 Å². The molecule has 0 unspecified atom stereocenters. The number of allylic oxidation sites excluding steroid dienone is 2. The van der Waals surface area contributed by atoms with Crippen molar-refractivity contribution in [3.8, 4) is 22.6 Å². The first-order chi connectivity index (χ1) is 17.4. The Balaban J connectivity index is 1.62. The number of ketones is 2. The van der Waals surface area contributed by atoms with Crippen molar-refractivity contribution >= 4 is 17.1 Å². The highest BCUT2D eigenvalue weighted by Gasteiger charge is 2.33. The van der Waals surface area contributed by atoms with Gasteiger partial charge in [0.05, 0.1) is 11.1 Å². The number of Topliss-reactive ketones (excluding diaryl/α,β-unsaturated/α-hetero) is 1. The predicted molar refractivity (Wildman–Crippen MR) is 145 cm³/mol. The number of hydrogen-bond donors (Lipinski definition) is 2. The quantitative estimate of drug-likeness (QED) is 0.229. The molecule has 0 fully saturated rings. The van der Waals surface area contributed by atoms with Crippen LogP contribution in [0.4, 0.5) is 0 Å². The van der Waals surface area contributed by atoms with Crippen LogP contribution >= 0.6 is 0 Å². The summed E-state index contributed by atoms with van der Waals surface area (Å²) in [6.07, 6.45) is 10.1. The van der Waals surface area contributed by atoms with Gasteiger partial charge in [-0.2, -0.15) is 0 Å². The Bertz CT molecular complexity index is 1280. The zero-order valence-electron chi connectivity index (χ0n) is 21.1. The SMILES string of the molecule is CCCCCc1ccc(C2=CC(=O)c3c(O)c(-c4ccc(CCCCC)cc4)cc(O)c3C2=O)cc1. The maximum absolute atomic E-state index is 13.4. The van der Waals surface area contributed by atoms with E-state index in [0.29, 0.717) is 16.7 Å². The van der Waals surface area contributed by atoms with Crippen LogP contribution < -0.4 is 0 Å². The van der Waals surface area contributed by atoms with E-state index in [1.807, 2.05) is 48.5 Å². The number of fused-ring (bicyclic) bond motifs is 1. The van der Waals surface area contributed by atoms with Crippen LogP contribution in [-0.4, -0.2) is 21.8 Å². The molecule has 3 aromatic carbocycles. The molecule has 186 valence electrons. The van der Waals surface area contributed by atoms with Gasteiger partial charge in [-0.05, 0) is 60.1 Å². The van der Waals surface area contributed by atoms with Gasteiger partial charge in [0.1, 0.15) is 11.5 Å². The van der Waals surface area contributed by atoms with Crippen molar-refractivity contribution in [2.75, 3.05) is 0 Å². The number of carbonyl (C=O) groups is 2. The third-order valence-electron chi connectivity index (χ3n) is 6.94. The fourth-order valence-electron chi connectivity index (χ4n) is 4.83. The molecule has 0 aliphatic heterocycles. The van der Waals surface area contributed by atoms with Crippen LogP contribution in [0.15, 0.2) is 60.7 Å². The third kappa shape index (κ3) is 5.28. The maximum Gasteiger partial charge on any atom is 0.198 e. The second-order valence-electron chi connectivity index (χ2n) is 9.60. The van der Waals surface area contributed by atoms with Crippen LogP contribution in [0.2, 0.25) is 0 Å². The predicted octanol–water partition coefficient (Wildman–Crippen LogP) is 7.69. The van der Waals surface area contributed by atoms with Gasteiger partial charge in [-0.25, -0.2) is 0 Å². The molecule has 4 heteroatoms. The molecule has 0 saturated heterocycles. The molecule has 36 heavy (non-hydrogen) atoms. The number of carbonyl (C=O) groups excluding carboxylic acids is 2. The van der Waals surface area contributed by atoms with Crippen molar-refractivity contribution in [1.29, 1.82) is 0 Å². The number of phenolic OH excluding ortho intramolecular Hbond substituents is 2.